The smallest absolute Gasteiger partial charge is 0.273 e. The first-order chi connectivity index (χ1) is 16.6. The summed E-state index contributed by atoms with van der Waals surface area (Å²) in [7, 11) is 1.89. The third-order valence-corrected chi connectivity index (χ3v) is 7.18. The van der Waals surface area contributed by atoms with Crippen LogP contribution in [0.3, 0.4) is 0 Å². The number of carbonyl (C=O) groups excluding carboxylic acids is 1. The first kappa shape index (κ1) is 21.0. The topological polar surface area (TPSA) is 84.1 Å². The third-order valence-electron chi connectivity index (χ3n) is 7.18. The Kier molecular flexibility index (Phi) is 5.14. The number of rotatable bonds is 4. The Labute approximate surface area is 198 Å². The summed E-state index contributed by atoms with van der Waals surface area (Å²) in [6.45, 7) is 0.519. The van der Waals surface area contributed by atoms with E-state index in [4.69, 9.17) is 4.98 Å². The van der Waals surface area contributed by atoms with Crippen LogP contribution >= 0.6 is 0 Å². The molecule has 1 fully saturated rings. The van der Waals surface area contributed by atoms with Crippen LogP contribution in [-0.4, -0.2) is 47.8 Å². The summed E-state index contributed by atoms with van der Waals surface area (Å²) in [5.41, 5.74) is 5.28. The van der Waals surface area contributed by atoms with Gasteiger partial charge in [0.05, 0.1) is 29.7 Å². The normalized spacial score (nSPS) is 20.2. The lowest BCUT2D eigenvalue weighted by atomic mass is 9.91. The van der Waals surface area contributed by atoms with Gasteiger partial charge in [0.1, 0.15) is 5.69 Å². The molecule has 1 aromatic carbocycles. The molecule has 1 aliphatic carbocycles. The number of aryl methyl sites for hydroxylation is 1. The van der Waals surface area contributed by atoms with Crippen LogP contribution in [-0.2, 0) is 20.0 Å². The Hall–Kier alpha value is -3.58. The quantitative estimate of drug-likeness (QED) is 0.507. The van der Waals surface area contributed by atoms with Crippen molar-refractivity contribution >= 4 is 16.7 Å². The number of aliphatic hydroxyl groups excluding tert-OH is 1. The van der Waals surface area contributed by atoms with Crippen molar-refractivity contribution in [1.29, 1.82) is 0 Å². The average molecular weight is 454 g/mol. The van der Waals surface area contributed by atoms with Crippen LogP contribution in [0, 0.1) is 0 Å². The van der Waals surface area contributed by atoms with E-state index in [0.29, 0.717) is 18.7 Å². The molecule has 1 saturated carbocycles. The molecule has 3 aromatic heterocycles. The lowest BCUT2D eigenvalue weighted by Crippen LogP contribution is -2.45. The second-order valence-corrected chi connectivity index (χ2v) is 9.41. The molecule has 34 heavy (non-hydrogen) atoms. The van der Waals surface area contributed by atoms with Gasteiger partial charge in [-0.3, -0.25) is 14.5 Å². The predicted octanol–water partition coefficient (Wildman–Crippen LogP) is 3.88. The molecule has 0 radical (unpaired) electrons. The van der Waals surface area contributed by atoms with Gasteiger partial charge in [-0.05, 0) is 29.9 Å². The van der Waals surface area contributed by atoms with Crippen LogP contribution in [0.25, 0.3) is 22.0 Å². The number of amides is 1. The maximum absolute atomic E-state index is 13.4. The second-order valence-electron chi connectivity index (χ2n) is 9.41. The predicted molar refractivity (Wildman–Crippen MR) is 129 cm³/mol. The zero-order valence-electron chi connectivity index (χ0n) is 19.2. The van der Waals surface area contributed by atoms with Gasteiger partial charge in [0.25, 0.3) is 5.91 Å². The van der Waals surface area contributed by atoms with Gasteiger partial charge < -0.3 is 10.0 Å². The summed E-state index contributed by atoms with van der Waals surface area (Å²) in [6, 6.07) is 12.1. The van der Waals surface area contributed by atoms with Crippen LogP contribution in [0.4, 0.5) is 0 Å². The van der Waals surface area contributed by atoms with Gasteiger partial charge in [0.15, 0.2) is 0 Å². The highest BCUT2D eigenvalue weighted by Crippen LogP contribution is 2.35. The Morgan fingerprint density at radius 3 is 2.62 bits per heavy atom. The highest BCUT2D eigenvalue weighted by molar-refractivity contribution is 6.03. The molecule has 4 heterocycles. The highest BCUT2D eigenvalue weighted by Gasteiger charge is 2.39. The van der Waals surface area contributed by atoms with Crippen molar-refractivity contribution < 1.29 is 9.90 Å². The average Bonchev–Trinajstić information content (AvgIpc) is 3.44. The number of pyridine rings is 2. The van der Waals surface area contributed by atoms with Gasteiger partial charge in [-0.2, -0.15) is 5.10 Å². The van der Waals surface area contributed by atoms with E-state index in [1.54, 1.807) is 10.9 Å². The number of hydrogen-bond acceptors (Lipinski definition) is 5. The van der Waals surface area contributed by atoms with Gasteiger partial charge in [-0.25, -0.2) is 4.98 Å². The zero-order valence-corrected chi connectivity index (χ0v) is 19.2. The van der Waals surface area contributed by atoms with Crippen molar-refractivity contribution in [2.75, 3.05) is 0 Å². The van der Waals surface area contributed by atoms with E-state index < -0.39 is 6.10 Å². The van der Waals surface area contributed by atoms with Gasteiger partial charge in [0.2, 0.25) is 0 Å². The van der Waals surface area contributed by atoms with E-state index >= 15 is 0 Å². The number of hydrogen-bond donors (Lipinski definition) is 1. The monoisotopic (exact) mass is 453 g/mol. The molecular weight excluding hydrogens is 426 g/mol. The maximum Gasteiger partial charge on any atom is 0.273 e. The van der Waals surface area contributed by atoms with E-state index in [2.05, 4.69) is 28.3 Å². The van der Waals surface area contributed by atoms with Crippen LogP contribution in [0.5, 0.6) is 0 Å². The summed E-state index contributed by atoms with van der Waals surface area (Å²) >= 11 is 0. The number of benzene rings is 1. The summed E-state index contributed by atoms with van der Waals surface area (Å²) < 4.78 is 1.76. The minimum atomic E-state index is -0.456. The molecule has 1 amide bonds. The fraction of sp³-hybridized carbons (Fsp3) is 0.333. The summed E-state index contributed by atoms with van der Waals surface area (Å²) in [6.07, 6.45) is 9.42. The fourth-order valence-corrected chi connectivity index (χ4v) is 5.41. The minimum absolute atomic E-state index is 0.0574. The number of nitrogens with zero attached hydrogens (tertiary/aromatic N) is 5. The van der Waals surface area contributed by atoms with Crippen LogP contribution < -0.4 is 0 Å². The third kappa shape index (κ3) is 3.56. The van der Waals surface area contributed by atoms with Crippen molar-refractivity contribution in [2.45, 2.75) is 50.8 Å². The van der Waals surface area contributed by atoms with Crippen LogP contribution in [0.2, 0.25) is 0 Å². The van der Waals surface area contributed by atoms with E-state index in [1.165, 1.54) is 0 Å². The molecule has 0 unspecified atom stereocenters. The Morgan fingerprint density at radius 1 is 1.06 bits per heavy atom. The van der Waals surface area contributed by atoms with E-state index in [-0.39, 0.29) is 11.9 Å². The SMILES string of the molecule is Cn1cc(-c2ccc(Cc3nc4c(c5ccccc35)CN([C@H]3CCCC[C@@H]3O)C4=O)cn2)cn1. The number of aliphatic hydroxyl groups is 1. The molecule has 1 aliphatic heterocycles. The second kappa shape index (κ2) is 8.33. The number of aromatic nitrogens is 4. The molecule has 2 aliphatic rings. The van der Waals surface area contributed by atoms with Crippen molar-refractivity contribution in [3.05, 3.63) is 77.5 Å². The Bertz CT molecular complexity index is 1380. The summed E-state index contributed by atoms with van der Waals surface area (Å²) in [4.78, 5) is 24.8. The van der Waals surface area contributed by atoms with E-state index in [1.807, 2.05) is 42.5 Å². The van der Waals surface area contributed by atoms with Crippen LogP contribution in [0.1, 0.15) is 53.0 Å². The molecule has 7 nitrogen and oxygen atoms in total. The largest absolute Gasteiger partial charge is 0.391 e. The molecule has 7 heteroatoms. The summed E-state index contributed by atoms with van der Waals surface area (Å²) in [5, 5.41) is 16.9. The Morgan fingerprint density at radius 2 is 1.88 bits per heavy atom. The summed E-state index contributed by atoms with van der Waals surface area (Å²) in [5.74, 6) is -0.0574. The molecule has 1 N–H and O–H groups in total. The lowest BCUT2D eigenvalue weighted by molar-refractivity contribution is 0.0190. The number of carbonyl (C=O) groups is 1. The van der Waals surface area contributed by atoms with Gasteiger partial charge in [-0.1, -0.05) is 43.2 Å². The Balaban J connectivity index is 1.34. The van der Waals surface area contributed by atoms with Crippen molar-refractivity contribution in [3.8, 4) is 11.3 Å². The van der Waals surface area contributed by atoms with Crippen molar-refractivity contribution in [1.82, 2.24) is 24.6 Å². The highest BCUT2D eigenvalue weighted by atomic mass is 16.3. The van der Waals surface area contributed by atoms with Gasteiger partial charge in [-0.15, -0.1) is 0 Å². The molecule has 172 valence electrons. The molecule has 6 rings (SSSR count). The first-order valence-corrected chi connectivity index (χ1v) is 11.9. The maximum atomic E-state index is 13.4. The zero-order chi connectivity index (χ0) is 23.2. The van der Waals surface area contributed by atoms with E-state index in [0.717, 1.165) is 64.5 Å². The molecular formula is C27H27N5O2. The van der Waals surface area contributed by atoms with Crippen LogP contribution in [0.15, 0.2) is 55.0 Å². The molecule has 2 atom stereocenters. The number of fused-ring (bicyclic) bond motifs is 3. The fourth-order valence-electron chi connectivity index (χ4n) is 5.41. The minimum Gasteiger partial charge on any atom is -0.391 e. The van der Waals surface area contributed by atoms with Crippen molar-refractivity contribution in [2.24, 2.45) is 7.05 Å². The molecule has 0 saturated heterocycles. The lowest BCUT2D eigenvalue weighted by Gasteiger charge is -2.34. The van der Waals surface area contributed by atoms with Gasteiger partial charge >= 0.3 is 0 Å². The van der Waals surface area contributed by atoms with E-state index in [9.17, 15) is 9.90 Å². The van der Waals surface area contributed by atoms with Crippen molar-refractivity contribution in [3.63, 3.8) is 0 Å². The molecule has 0 spiro atoms. The van der Waals surface area contributed by atoms with Gasteiger partial charge in [0, 0.05) is 48.9 Å². The first-order valence-electron chi connectivity index (χ1n) is 11.9. The molecule has 0 bridgehead atoms. The molecule has 4 aromatic rings. The standard InChI is InChI=1S/C27H27N5O2/c1-31-15-18(14-29-31)22-11-10-17(13-28-22)12-23-20-7-3-2-6-19(20)21-16-32(27(34)26(21)30-23)24-8-4-5-9-25(24)33/h2-3,6-7,10-11,13-15,24-25,33H,4-5,8-9,12,16H2,1H3/t24-,25-/m0/s1.